The van der Waals surface area contributed by atoms with Crippen LogP contribution in [0.15, 0.2) is 95.8 Å². The second-order valence-corrected chi connectivity index (χ2v) is 10.8. The normalized spacial score (nSPS) is 11.9. The molecule has 0 fully saturated rings. The van der Waals surface area contributed by atoms with Gasteiger partial charge in [-0.25, -0.2) is 14.6 Å². The van der Waals surface area contributed by atoms with Crippen molar-refractivity contribution in [2.75, 3.05) is 0 Å². The third kappa shape index (κ3) is 3.25. The predicted molar refractivity (Wildman–Crippen MR) is 160 cm³/mol. The summed E-state index contributed by atoms with van der Waals surface area (Å²) in [4.78, 5) is 17.2. The maximum Gasteiger partial charge on any atom is 0.146 e. The highest BCUT2D eigenvalue weighted by Crippen LogP contribution is 2.51. The Hall–Kier alpha value is -5.61. The number of thiazole rings is 1. The molecule has 4 aromatic carbocycles. The van der Waals surface area contributed by atoms with Crippen LogP contribution >= 0.6 is 11.3 Å². The third-order valence-electron chi connectivity index (χ3n) is 7.42. The Balaban J connectivity index is 1.53. The summed E-state index contributed by atoms with van der Waals surface area (Å²) < 4.78 is 6.53. The zero-order valence-electron chi connectivity index (χ0n) is 21.2. The number of nitrogens with one attached hydrogen (secondary N) is 3. The summed E-state index contributed by atoms with van der Waals surface area (Å²) in [6.45, 7) is 0. The van der Waals surface area contributed by atoms with Crippen LogP contribution in [0.1, 0.15) is 0 Å². The minimum Gasteiger partial charge on any atom is -0.361 e. The molecule has 0 atom stereocenters. The van der Waals surface area contributed by atoms with Crippen molar-refractivity contribution >= 4 is 54.5 Å². The fourth-order valence-electron chi connectivity index (χ4n) is 5.64. The van der Waals surface area contributed by atoms with Crippen LogP contribution in [0.4, 0.5) is 0 Å². The van der Waals surface area contributed by atoms with Gasteiger partial charge < -0.3 is 9.97 Å². The molecule has 194 valence electrons. The maximum absolute atomic E-state index is 5.45. The predicted octanol–water partition coefficient (Wildman–Crippen LogP) is 7.58. The van der Waals surface area contributed by atoms with Gasteiger partial charge in [-0.3, -0.25) is 5.10 Å². The average Bonchev–Trinajstić information content (AvgIpc) is 3.84. The minimum atomic E-state index is 0.598. The summed E-state index contributed by atoms with van der Waals surface area (Å²) in [5.74, 6) is 0.691. The van der Waals surface area contributed by atoms with Crippen molar-refractivity contribution in [1.82, 2.24) is 40.4 Å². The fourth-order valence-corrected chi connectivity index (χ4v) is 6.66. The van der Waals surface area contributed by atoms with E-state index in [-0.39, 0.29) is 0 Å². The van der Waals surface area contributed by atoms with Crippen LogP contribution in [0.25, 0.3) is 87.7 Å². The first-order valence-electron chi connectivity index (χ1n) is 13.0. The maximum atomic E-state index is 5.45. The highest BCUT2D eigenvalue weighted by atomic mass is 32.1. The number of fused-ring (bicyclic) bond motifs is 4. The van der Waals surface area contributed by atoms with Crippen LogP contribution < -0.4 is 0 Å². The number of hydrogen-bond acceptors (Lipinski definition) is 7. The largest absolute Gasteiger partial charge is 0.361 e. The van der Waals surface area contributed by atoms with Crippen molar-refractivity contribution in [3.63, 3.8) is 0 Å². The molecule has 0 amide bonds. The lowest BCUT2D eigenvalue weighted by Crippen LogP contribution is -1.98. The van der Waals surface area contributed by atoms with Gasteiger partial charge in [-0.15, -0.1) is 11.3 Å². The van der Waals surface area contributed by atoms with Gasteiger partial charge in [0.2, 0.25) is 0 Å². The van der Waals surface area contributed by atoms with Gasteiger partial charge in [-0.05, 0) is 52.8 Å². The van der Waals surface area contributed by atoms with Crippen LogP contribution in [0.3, 0.4) is 0 Å². The summed E-state index contributed by atoms with van der Waals surface area (Å²) in [6, 6.07) is 28.2. The molecule has 5 aromatic heterocycles. The summed E-state index contributed by atoms with van der Waals surface area (Å²) >= 11 is 1.62. The van der Waals surface area contributed by atoms with E-state index in [2.05, 4.69) is 37.5 Å². The van der Waals surface area contributed by atoms with Crippen LogP contribution in [-0.2, 0) is 0 Å². The minimum absolute atomic E-state index is 0.598. The number of aromatic amines is 3. The lowest BCUT2D eigenvalue weighted by atomic mass is 9.89. The monoisotopic (exact) mass is 550 g/mol. The summed E-state index contributed by atoms with van der Waals surface area (Å²) in [7, 11) is 0. The van der Waals surface area contributed by atoms with Crippen molar-refractivity contribution in [2.24, 2.45) is 0 Å². The van der Waals surface area contributed by atoms with Crippen LogP contribution in [0, 0.1) is 0 Å². The first kappa shape index (κ1) is 22.2. The molecule has 0 saturated heterocycles. The standard InChI is InChI=1S/C31H18N8OS/c1-2-9-17-16(8-1)27(37-36-17)26-25(31-35-20-12-5-6-14-22(20)41-31)24(30-33-18-10-3-4-11-19(18)34-30)23(21-13-7-15-32-21)28-29(26)39-40-38-28/h1-15,32H,(H,33,34)(H,36,37). The zero-order valence-corrected chi connectivity index (χ0v) is 22.0. The van der Waals surface area contributed by atoms with E-state index >= 15 is 0 Å². The number of H-pyrrole nitrogens is 3. The average molecular weight is 551 g/mol. The third-order valence-corrected chi connectivity index (χ3v) is 8.47. The Morgan fingerprint density at radius 3 is 2.27 bits per heavy atom. The summed E-state index contributed by atoms with van der Waals surface area (Å²) in [5.41, 5.74) is 9.74. The zero-order chi connectivity index (χ0) is 26.9. The first-order chi connectivity index (χ1) is 20.3. The van der Waals surface area contributed by atoms with Crippen molar-refractivity contribution in [3.05, 3.63) is 91.1 Å². The molecule has 9 rings (SSSR count). The molecule has 0 saturated carbocycles. The summed E-state index contributed by atoms with van der Waals surface area (Å²) in [6.07, 6.45) is 1.89. The number of benzene rings is 4. The van der Waals surface area contributed by atoms with E-state index in [9.17, 15) is 0 Å². The van der Waals surface area contributed by atoms with Crippen LogP contribution in [-0.4, -0.2) is 40.4 Å². The number of para-hydroxylation sites is 4. The van der Waals surface area contributed by atoms with Gasteiger partial charge >= 0.3 is 0 Å². The molecular formula is C31H18N8OS. The van der Waals surface area contributed by atoms with Gasteiger partial charge in [0, 0.05) is 39.5 Å². The Labute approximate surface area is 234 Å². The molecule has 0 bridgehead atoms. The van der Waals surface area contributed by atoms with E-state index in [4.69, 9.17) is 19.7 Å². The number of rotatable bonds is 4. The molecule has 0 spiro atoms. The van der Waals surface area contributed by atoms with Crippen molar-refractivity contribution < 1.29 is 4.63 Å². The SMILES string of the molecule is c1c[nH]c(-c2c(-c3nc4ccccc4[nH]3)c(-c3nc4ccccc4s3)c(-c3n[nH]c4ccccc34)c3nonc23)c1. The number of aromatic nitrogens is 8. The highest BCUT2D eigenvalue weighted by molar-refractivity contribution is 7.21. The van der Waals surface area contributed by atoms with E-state index < -0.39 is 0 Å². The van der Waals surface area contributed by atoms with Crippen LogP contribution in [0.5, 0.6) is 0 Å². The second kappa shape index (κ2) is 8.44. The number of nitrogens with zero attached hydrogens (tertiary/aromatic N) is 5. The quantitative estimate of drug-likeness (QED) is 0.207. The Morgan fingerprint density at radius 2 is 1.44 bits per heavy atom. The molecule has 9 aromatic rings. The molecule has 9 nitrogen and oxygen atoms in total. The smallest absolute Gasteiger partial charge is 0.146 e. The molecule has 0 radical (unpaired) electrons. The van der Waals surface area contributed by atoms with E-state index in [0.717, 1.165) is 70.8 Å². The van der Waals surface area contributed by atoms with Crippen molar-refractivity contribution in [3.8, 4) is 44.5 Å². The highest BCUT2D eigenvalue weighted by Gasteiger charge is 2.32. The van der Waals surface area contributed by atoms with Crippen molar-refractivity contribution in [1.29, 1.82) is 0 Å². The first-order valence-corrected chi connectivity index (χ1v) is 13.9. The molecule has 5 heterocycles. The topological polar surface area (TPSA) is 125 Å². The Bertz CT molecular complexity index is 2330. The van der Waals surface area contributed by atoms with Gasteiger partial charge in [0.25, 0.3) is 0 Å². The van der Waals surface area contributed by atoms with Crippen LogP contribution in [0.2, 0.25) is 0 Å². The molecular weight excluding hydrogens is 532 g/mol. The lowest BCUT2D eigenvalue weighted by molar-refractivity contribution is 0.315. The number of imidazole rings is 1. The molecule has 3 N–H and O–H groups in total. The second-order valence-electron chi connectivity index (χ2n) is 9.75. The number of hydrogen-bond donors (Lipinski definition) is 3. The molecule has 0 aliphatic carbocycles. The Kier molecular flexibility index (Phi) is 4.58. The van der Waals surface area contributed by atoms with Gasteiger partial charge in [0.1, 0.15) is 27.6 Å². The van der Waals surface area contributed by atoms with Gasteiger partial charge in [0.05, 0.1) is 26.8 Å². The van der Waals surface area contributed by atoms with E-state index in [1.54, 1.807) is 11.3 Å². The van der Waals surface area contributed by atoms with E-state index in [1.807, 2.05) is 79.0 Å². The molecule has 10 heteroatoms. The molecule has 0 unspecified atom stereocenters. The van der Waals surface area contributed by atoms with Gasteiger partial charge in [-0.2, -0.15) is 5.10 Å². The summed E-state index contributed by atoms with van der Waals surface area (Å²) in [5, 5.41) is 18.7. The lowest BCUT2D eigenvalue weighted by Gasteiger charge is -2.16. The van der Waals surface area contributed by atoms with Gasteiger partial charge in [0.15, 0.2) is 0 Å². The van der Waals surface area contributed by atoms with E-state index in [1.165, 1.54) is 0 Å². The Morgan fingerprint density at radius 1 is 0.659 bits per heavy atom. The fraction of sp³-hybridized carbons (Fsp3) is 0. The molecule has 0 aliphatic rings. The van der Waals surface area contributed by atoms with Crippen molar-refractivity contribution in [2.45, 2.75) is 0 Å². The van der Waals surface area contributed by atoms with Gasteiger partial charge in [-0.1, -0.05) is 42.5 Å². The molecule has 0 aliphatic heterocycles. The molecule has 41 heavy (non-hydrogen) atoms. The van der Waals surface area contributed by atoms with E-state index in [0.29, 0.717) is 16.9 Å².